The van der Waals surface area contributed by atoms with Gasteiger partial charge < -0.3 is 4.74 Å². The van der Waals surface area contributed by atoms with E-state index >= 15 is 0 Å². The summed E-state index contributed by atoms with van der Waals surface area (Å²) in [6.07, 6.45) is 0. The van der Waals surface area contributed by atoms with Gasteiger partial charge in [-0.1, -0.05) is 66.4 Å². The van der Waals surface area contributed by atoms with Crippen molar-refractivity contribution in [2.45, 2.75) is 17.2 Å². The minimum absolute atomic E-state index is 0.270. The molecule has 0 aliphatic carbocycles. The summed E-state index contributed by atoms with van der Waals surface area (Å²) >= 11 is 1.36. The van der Waals surface area contributed by atoms with E-state index in [1.165, 1.54) is 18.9 Å². The molecule has 1 heterocycles. The fraction of sp³-hybridized carbons (Fsp3) is 0.167. The van der Waals surface area contributed by atoms with Crippen molar-refractivity contribution in [3.63, 3.8) is 0 Å². The van der Waals surface area contributed by atoms with Crippen molar-refractivity contribution in [3.8, 4) is 11.3 Å². The summed E-state index contributed by atoms with van der Waals surface area (Å²) < 4.78 is 4.78. The van der Waals surface area contributed by atoms with Gasteiger partial charge >= 0.3 is 5.97 Å². The lowest BCUT2D eigenvalue weighted by molar-refractivity contribution is -0.139. The Kier molecular flexibility index (Phi) is 4.57. The zero-order chi connectivity index (χ0) is 16.2. The standard InChI is InChI=1S/C18H16N2O2S/c1-12(18(21)22-2)23-17-15-11-7-6-10-14(15)16(19-20-17)13-8-4-3-5-9-13/h3-12H,1-2H3/t12-/m1/s1. The molecule has 0 aliphatic rings. The number of carbonyl (C=O) groups excluding carboxylic acids is 1. The average Bonchev–Trinajstić information content (AvgIpc) is 2.62. The Morgan fingerprint density at radius 1 is 1.00 bits per heavy atom. The molecule has 0 unspecified atom stereocenters. The van der Waals surface area contributed by atoms with Gasteiger partial charge in [-0.15, -0.1) is 10.2 Å². The van der Waals surface area contributed by atoms with Crippen LogP contribution in [0.15, 0.2) is 59.6 Å². The van der Waals surface area contributed by atoms with Crippen LogP contribution in [0.5, 0.6) is 0 Å². The van der Waals surface area contributed by atoms with E-state index in [0.29, 0.717) is 0 Å². The van der Waals surface area contributed by atoms with Crippen molar-refractivity contribution in [1.29, 1.82) is 0 Å². The molecule has 0 N–H and O–H groups in total. The summed E-state index contributed by atoms with van der Waals surface area (Å²) in [6.45, 7) is 1.80. The highest BCUT2D eigenvalue weighted by molar-refractivity contribution is 8.00. The van der Waals surface area contributed by atoms with Crippen molar-refractivity contribution in [3.05, 3.63) is 54.6 Å². The molecule has 0 spiro atoms. The third-order valence-corrected chi connectivity index (χ3v) is 4.59. The SMILES string of the molecule is COC(=O)[C@@H](C)Sc1nnc(-c2ccccc2)c2ccccc12. The molecule has 3 aromatic rings. The molecule has 0 saturated heterocycles. The molecule has 2 aromatic carbocycles. The smallest absolute Gasteiger partial charge is 0.318 e. The maximum absolute atomic E-state index is 11.6. The van der Waals surface area contributed by atoms with Gasteiger partial charge in [0.2, 0.25) is 0 Å². The summed E-state index contributed by atoms with van der Waals surface area (Å²) in [4.78, 5) is 11.6. The second kappa shape index (κ2) is 6.79. The second-order valence-corrected chi connectivity index (χ2v) is 6.38. The van der Waals surface area contributed by atoms with E-state index in [0.717, 1.165) is 27.1 Å². The molecule has 116 valence electrons. The minimum atomic E-state index is -0.333. The molecule has 3 rings (SSSR count). The fourth-order valence-electron chi connectivity index (χ4n) is 2.36. The van der Waals surface area contributed by atoms with Crippen LogP contribution in [0.2, 0.25) is 0 Å². The lowest BCUT2D eigenvalue weighted by Crippen LogP contribution is -2.15. The van der Waals surface area contributed by atoms with Gasteiger partial charge in [-0.05, 0) is 6.92 Å². The molecule has 0 fully saturated rings. The highest BCUT2D eigenvalue weighted by Gasteiger charge is 2.18. The molecular weight excluding hydrogens is 308 g/mol. The van der Waals surface area contributed by atoms with Crippen LogP contribution in [0.4, 0.5) is 0 Å². The maximum atomic E-state index is 11.6. The normalized spacial score (nSPS) is 12.1. The van der Waals surface area contributed by atoms with Crippen LogP contribution >= 0.6 is 11.8 Å². The number of aromatic nitrogens is 2. The van der Waals surface area contributed by atoms with Gasteiger partial charge in [0.05, 0.1) is 7.11 Å². The number of fused-ring (bicyclic) bond motifs is 1. The molecule has 23 heavy (non-hydrogen) atoms. The zero-order valence-corrected chi connectivity index (χ0v) is 13.7. The van der Waals surface area contributed by atoms with Gasteiger partial charge in [-0.25, -0.2) is 0 Å². The van der Waals surface area contributed by atoms with E-state index in [-0.39, 0.29) is 11.2 Å². The average molecular weight is 324 g/mol. The van der Waals surface area contributed by atoms with Gasteiger partial charge in [0.25, 0.3) is 0 Å². The largest absolute Gasteiger partial charge is 0.468 e. The number of thioether (sulfide) groups is 1. The summed E-state index contributed by atoms with van der Waals surface area (Å²) in [5.41, 5.74) is 1.87. The van der Waals surface area contributed by atoms with Crippen molar-refractivity contribution >= 4 is 28.5 Å². The molecule has 0 bridgehead atoms. The van der Waals surface area contributed by atoms with Crippen LogP contribution in [0.3, 0.4) is 0 Å². The molecule has 0 amide bonds. The summed E-state index contributed by atoms with van der Waals surface area (Å²) in [6, 6.07) is 17.9. The Hall–Kier alpha value is -2.40. The van der Waals surface area contributed by atoms with Crippen molar-refractivity contribution in [2.75, 3.05) is 7.11 Å². The van der Waals surface area contributed by atoms with Crippen LogP contribution in [-0.2, 0) is 9.53 Å². The van der Waals surface area contributed by atoms with Crippen molar-refractivity contribution in [1.82, 2.24) is 10.2 Å². The maximum Gasteiger partial charge on any atom is 0.318 e. The Balaban J connectivity index is 2.08. The summed E-state index contributed by atoms with van der Waals surface area (Å²) in [5.74, 6) is -0.270. The van der Waals surface area contributed by atoms with Crippen LogP contribution in [0.25, 0.3) is 22.0 Å². The third-order valence-electron chi connectivity index (χ3n) is 3.52. The van der Waals surface area contributed by atoms with Gasteiger partial charge in [0, 0.05) is 16.3 Å². The first-order valence-corrected chi connectivity index (χ1v) is 8.14. The molecular formula is C18H16N2O2S. The molecule has 5 heteroatoms. The first-order valence-electron chi connectivity index (χ1n) is 7.26. The van der Waals surface area contributed by atoms with Crippen molar-refractivity contribution in [2.24, 2.45) is 0 Å². The number of ether oxygens (including phenoxy) is 1. The Labute approximate surface area is 138 Å². The molecule has 1 atom stereocenters. The van der Waals surface area contributed by atoms with Gasteiger partial charge in [0.15, 0.2) is 0 Å². The first-order chi connectivity index (χ1) is 11.2. The molecule has 0 aliphatic heterocycles. The molecule has 0 saturated carbocycles. The van der Waals surface area contributed by atoms with Crippen LogP contribution in [-0.4, -0.2) is 28.5 Å². The predicted octanol–water partition coefficient (Wildman–Crippen LogP) is 3.95. The van der Waals surface area contributed by atoms with E-state index in [1.54, 1.807) is 6.92 Å². The van der Waals surface area contributed by atoms with E-state index in [4.69, 9.17) is 4.74 Å². The summed E-state index contributed by atoms with van der Waals surface area (Å²) in [7, 11) is 1.39. The van der Waals surface area contributed by atoms with Crippen LogP contribution in [0, 0.1) is 0 Å². The summed E-state index contributed by atoms with van der Waals surface area (Å²) in [5, 5.41) is 11.1. The zero-order valence-electron chi connectivity index (χ0n) is 12.9. The third kappa shape index (κ3) is 3.19. The molecule has 4 nitrogen and oxygen atoms in total. The van der Waals surface area contributed by atoms with Gasteiger partial charge in [-0.2, -0.15) is 0 Å². The quantitative estimate of drug-likeness (QED) is 0.537. The number of benzene rings is 2. The number of carbonyl (C=O) groups is 1. The van der Waals surface area contributed by atoms with Crippen LogP contribution < -0.4 is 0 Å². The Morgan fingerprint density at radius 2 is 1.65 bits per heavy atom. The number of methoxy groups -OCH3 is 1. The Bertz CT molecular complexity index is 837. The lowest BCUT2D eigenvalue weighted by Gasteiger charge is -2.11. The number of esters is 1. The monoisotopic (exact) mass is 324 g/mol. The number of hydrogen-bond acceptors (Lipinski definition) is 5. The van der Waals surface area contributed by atoms with Gasteiger partial charge in [-0.3, -0.25) is 4.79 Å². The molecule has 1 aromatic heterocycles. The molecule has 0 radical (unpaired) electrons. The predicted molar refractivity (Wildman–Crippen MR) is 92.3 cm³/mol. The number of hydrogen-bond donors (Lipinski definition) is 0. The van der Waals surface area contributed by atoms with E-state index in [9.17, 15) is 4.79 Å². The number of rotatable bonds is 4. The van der Waals surface area contributed by atoms with E-state index in [1.807, 2.05) is 54.6 Å². The highest BCUT2D eigenvalue weighted by Crippen LogP contribution is 2.33. The Morgan fingerprint density at radius 3 is 2.35 bits per heavy atom. The first kappa shape index (κ1) is 15.5. The van der Waals surface area contributed by atoms with Gasteiger partial charge in [0.1, 0.15) is 16.0 Å². The van der Waals surface area contributed by atoms with E-state index in [2.05, 4.69) is 10.2 Å². The van der Waals surface area contributed by atoms with E-state index < -0.39 is 0 Å². The second-order valence-electron chi connectivity index (χ2n) is 5.05. The topological polar surface area (TPSA) is 52.1 Å². The number of nitrogens with zero attached hydrogens (tertiary/aromatic N) is 2. The van der Waals surface area contributed by atoms with Crippen molar-refractivity contribution < 1.29 is 9.53 Å². The highest BCUT2D eigenvalue weighted by atomic mass is 32.2. The van der Waals surface area contributed by atoms with Crippen LogP contribution in [0.1, 0.15) is 6.92 Å². The fourth-order valence-corrected chi connectivity index (χ4v) is 3.28. The lowest BCUT2D eigenvalue weighted by atomic mass is 10.1. The minimum Gasteiger partial charge on any atom is -0.468 e.